The smallest absolute Gasteiger partial charge is 0.335 e. The summed E-state index contributed by atoms with van der Waals surface area (Å²) in [4.78, 5) is 22.2. The van der Waals surface area contributed by atoms with Gasteiger partial charge in [0.2, 0.25) is 0 Å². The quantitative estimate of drug-likeness (QED) is 0.849. The third-order valence-corrected chi connectivity index (χ3v) is 3.05. The Balaban J connectivity index is 2.21. The molecule has 3 nitrogen and oxygen atoms in total. The molecule has 3 heteroatoms. The van der Waals surface area contributed by atoms with Crippen LogP contribution in [0.4, 0.5) is 0 Å². The molecule has 0 saturated heterocycles. The molecule has 0 amide bonds. The van der Waals surface area contributed by atoms with Crippen LogP contribution in [0.3, 0.4) is 0 Å². The maximum atomic E-state index is 11.5. The van der Waals surface area contributed by atoms with Crippen molar-refractivity contribution in [2.75, 3.05) is 0 Å². The van der Waals surface area contributed by atoms with Gasteiger partial charge in [0.15, 0.2) is 5.78 Å². The number of aromatic carboxylic acids is 1. The summed E-state index contributed by atoms with van der Waals surface area (Å²) in [5, 5.41) is 8.81. The van der Waals surface area contributed by atoms with Gasteiger partial charge in [0, 0.05) is 6.42 Å². The Morgan fingerprint density at radius 2 is 1.88 bits per heavy atom. The van der Waals surface area contributed by atoms with Crippen LogP contribution in [0.15, 0.2) is 35.9 Å². The zero-order chi connectivity index (χ0) is 12.4. The van der Waals surface area contributed by atoms with Gasteiger partial charge in [-0.25, -0.2) is 4.79 Å². The summed E-state index contributed by atoms with van der Waals surface area (Å²) in [6.07, 6.45) is 3.09. The number of carboxylic acids is 1. The fourth-order valence-corrected chi connectivity index (χ4v) is 2.23. The topological polar surface area (TPSA) is 54.4 Å². The molecule has 2 rings (SSSR count). The lowest BCUT2D eigenvalue weighted by Crippen LogP contribution is -2.11. The van der Waals surface area contributed by atoms with Crippen LogP contribution < -0.4 is 0 Å². The molecule has 17 heavy (non-hydrogen) atoms. The molecule has 0 heterocycles. The lowest BCUT2D eigenvalue weighted by Gasteiger charge is -2.20. The van der Waals surface area contributed by atoms with Crippen LogP contribution in [0.2, 0.25) is 0 Å². The normalized spacial score (nSPS) is 19.9. The van der Waals surface area contributed by atoms with Gasteiger partial charge in [0.05, 0.1) is 5.56 Å². The Bertz CT molecular complexity index is 483. The first-order chi connectivity index (χ1) is 8.06. The predicted octanol–water partition coefficient (Wildman–Crippen LogP) is 2.78. The molecule has 0 radical (unpaired) electrons. The van der Waals surface area contributed by atoms with Gasteiger partial charge in [-0.2, -0.15) is 0 Å². The van der Waals surface area contributed by atoms with E-state index in [0.717, 1.165) is 17.6 Å². The molecule has 88 valence electrons. The van der Waals surface area contributed by atoms with E-state index in [1.54, 1.807) is 30.3 Å². The number of rotatable bonds is 2. The lowest BCUT2D eigenvalue weighted by atomic mass is 9.83. The van der Waals surface area contributed by atoms with Gasteiger partial charge >= 0.3 is 5.97 Å². The van der Waals surface area contributed by atoms with E-state index in [1.165, 1.54) is 0 Å². The fraction of sp³-hybridized carbons (Fsp3) is 0.286. The highest BCUT2D eigenvalue weighted by Gasteiger charge is 2.20. The van der Waals surface area contributed by atoms with Crippen LogP contribution in [0.5, 0.6) is 0 Å². The summed E-state index contributed by atoms with van der Waals surface area (Å²) < 4.78 is 0. The number of carboxylic acid groups (broad SMARTS) is 1. The van der Waals surface area contributed by atoms with Crippen LogP contribution >= 0.6 is 0 Å². The lowest BCUT2D eigenvalue weighted by molar-refractivity contribution is -0.115. The highest BCUT2D eigenvalue weighted by Crippen LogP contribution is 2.31. The summed E-state index contributed by atoms with van der Waals surface area (Å²) in [7, 11) is 0. The maximum Gasteiger partial charge on any atom is 0.335 e. The van der Waals surface area contributed by atoms with E-state index in [1.807, 2.05) is 6.92 Å². The second-order valence-corrected chi connectivity index (χ2v) is 4.49. The van der Waals surface area contributed by atoms with Crippen molar-refractivity contribution < 1.29 is 14.7 Å². The van der Waals surface area contributed by atoms with Gasteiger partial charge in [-0.05, 0) is 43.0 Å². The zero-order valence-electron chi connectivity index (χ0n) is 9.64. The van der Waals surface area contributed by atoms with Crippen molar-refractivity contribution in [1.82, 2.24) is 0 Å². The molecule has 0 fully saturated rings. The van der Waals surface area contributed by atoms with Crippen molar-refractivity contribution in [2.45, 2.75) is 25.7 Å². The first kappa shape index (κ1) is 11.6. The third-order valence-electron chi connectivity index (χ3n) is 3.05. The number of allylic oxidation sites excluding steroid dienone is 2. The summed E-state index contributed by atoms with van der Waals surface area (Å²) in [5.41, 5.74) is 2.41. The van der Waals surface area contributed by atoms with Crippen LogP contribution in [0.25, 0.3) is 0 Å². The van der Waals surface area contributed by atoms with Crippen molar-refractivity contribution in [3.8, 4) is 0 Å². The molecule has 1 unspecified atom stereocenters. The molecule has 0 aliphatic heterocycles. The summed E-state index contributed by atoms with van der Waals surface area (Å²) in [6, 6.07) is 6.80. The Hall–Kier alpha value is -1.90. The second-order valence-electron chi connectivity index (χ2n) is 4.49. The van der Waals surface area contributed by atoms with Gasteiger partial charge < -0.3 is 5.11 Å². The highest BCUT2D eigenvalue weighted by atomic mass is 16.4. The minimum atomic E-state index is -0.924. The minimum Gasteiger partial charge on any atom is -0.478 e. The standard InChI is InChI=1S/C14H14O3/c1-9-6-12(8-13(15)7-9)10-2-4-11(5-3-10)14(16)17/h2-5,7,12H,6,8H2,1H3,(H,16,17). The average molecular weight is 230 g/mol. The Morgan fingerprint density at radius 3 is 2.41 bits per heavy atom. The van der Waals surface area contributed by atoms with Crippen LogP contribution in [0.1, 0.15) is 41.6 Å². The van der Waals surface area contributed by atoms with Crippen molar-refractivity contribution >= 4 is 11.8 Å². The van der Waals surface area contributed by atoms with E-state index >= 15 is 0 Å². The molecule has 1 aliphatic carbocycles. The predicted molar refractivity (Wildman–Crippen MR) is 64.1 cm³/mol. The molecule has 0 aromatic heterocycles. The van der Waals surface area contributed by atoms with E-state index < -0.39 is 5.97 Å². The molecule has 1 aromatic rings. The van der Waals surface area contributed by atoms with Gasteiger partial charge in [0.25, 0.3) is 0 Å². The van der Waals surface area contributed by atoms with E-state index in [-0.39, 0.29) is 17.3 Å². The molecule has 1 aliphatic rings. The monoisotopic (exact) mass is 230 g/mol. The highest BCUT2D eigenvalue weighted by molar-refractivity contribution is 5.92. The van der Waals surface area contributed by atoms with E-state index in [4.69, 9.17) is 5.11 Å². The van der Waals surface area contributed by atoms with Gasteiger partial charge in [-0.1, -0.05) is 17.7 Å². The van der Waals surface area contributed by atoms with Gasteiger partial charge in [-0.15, -0.1) is 0 Å². The molecular formula is C14H14O3. The average Bonchev–Trinajstić information content (AvgIpc) is 2.28. The molecule has 1 N–H and O–H groups in total. The molecule has 0 spiro atoms. The third kappa shape index (κ3) is 2.61. The van der Waals surface area contributed by atoms with Crippen molar-refractivity contribution in [3.05, 3.63) is 47.0 Å². The largest absolute Gasteiger partial charge is 0.478 e. The number of benzene rings is 1. The van der Waals surface area contributed by atoms with E-state index in [9.17, 15) is 9.59 Å². The molecule has 0 saturated carbocycles. The number of ketones is 1. The summed E-state index contributed by atoms with van der Waals surface area (Å²) in [5.74, 6) is -0.580. The molecule has 1 atom stereocenters. The van der Waals surface area contributed by atoms with Crippen LogP contribution in [-0.2, 0) is 4.79 Å². The number of carbonyl (C=O) groups excluding carboxylic acids is 1. The molecular weight excluding hydrogens is 216 g/mol. The Labute approximate surface area is 99.8 Å². The Morgan fingerprint density at radius 1 is 1.24 bits per heavy atom. The number of hydrogen-bond donors (Lipinski definition) is 1. The zero-order valence-corrected chi connectivity index (χ0v) is 9.64. The van der Waals surface area contributed by atoms with Gasteiger partial charge in [0.1, 0.15) is 0 Å². The first-order valence-corrected chi connectivity index (χ1v) is 5.59. The Kier molecular flexibility index (Phi) is 3.09. The summed E-state index contributed by atoms with van der Waals surface area (Å²) in [6.45, 7) is 1.95. The van der Waals surface area contributed by atoms with E-state index in [0.29, 0.717) is 6.42 Å². The van der Waals surface area contributed by atoms with Crippen molar-refractivity contribution in [2.24, 2.45) is 0 Å². The van der Waals surface area contributed by atoms with Crippen molar-refractivity contribution in [3.63, 3.8) is 0 Å². The fourth-order valence-electron chi connectivity index (χ4n) is 2.23. The second kappa shape index (κ2) is 4.53. The maximum absolute atomic E-state index is 11.5. The number of hydrogen-bond acceptors (Lipinski definition) is 2. The van der Waals surface area contributed by atoms with Crippen LogP contribution in [-0.4, -0.2) is 16.9 Å². The van der Waals surface area contributed by atoms with Crippen LogP contribution in [0, 0.1) is 0 Å². The number of carbonyl (C=O) groups is 2. The molecule has 1 aromatic carbocycles. The minimum absolute atomic E-state index is 0.154. The van der Waals surface area contributed by atoms with Gasteiger partial charge in [-0.3, -0.25) is 4.79 Å². The molecule has 0 bridgehead atoms. The first-order valence-electron chi connectivity index (χ1n) is 5.59. The van der Waals surface area contributed by atoms with E-state index in [2.05, 4.69) is 0 Å². The SMILES string of the molecule is CC1=CC(=O)CC(c2ccc(C(=O)O)cc2)C1. The van der Waals surface area contributed by atoms with Crippen molar-refractivity contribution in [1.29, 1.82) is 0 Å². The summed E-state index contributed by atoms with van der Waals surface area (Å²) >= 11 is 0.